The van der Waals surface area contributed by atoms with Gasteiger partial charge in [0.1, 0.15) is 20.8 Å². The van der Waals surface area contributed by atoms with Crippen molar-refractivity contribution < 1.29 is 27.4 Å². The lowest BCUT2D eigenvalue weighted by Crippen LogP contribution is -2.32. The summed E-state index contributed by atoms with van der Waals surface area (Å²) in [7, 11) is -4.73. The first-order chi connectivity index (χ1) is 19.0. The van der Waals surface area contributed by atoms with Gasteiger partial charge in [0.05, 0.1) is 10.6 Å². The molecule has 202 valence electrons. The number of anilines is 3. The standard InChI is InChI=1S/C29H22ClN3O6S/c1-16-9-13-19(14-10-16)33-28(35)25(30)26(29(33)36)31-23-15-18(12-11-17(23)2)27(34)32-22-7-3-6-21-20(22)5-4-8-24(21)40(37,38)39/h3-15,31H,1-2H3,(H,32,34)(H,37,38,39)/p-1. The number of nitrogens with one attached hydrogen (secondary N) is 2. The molecule has 0 aliphatic carbocycles. The van der Waals surface area contributed by atoms with E-state index < -0.39 is 27.8 Å². The lowest BCUT2D eigenvalue weighted by atomic mass is 10.1. The van der Waals surface area contributed by atoms with E-state index in [1.807, 2.05) is 6.92 Å². The summed E-state index contributed by atoms with van der Waals surface area (Å²) in [6.07, 6.45) is 0. The largest absolute Gasteiger partial charge is 0.744 e. The number of nitrogens with zero attached hydrogens (tertiary/aromatic N) is 1. The van der Waals surface area contributed by atoms with Crippen LogP contribution in [0.25, 0.3) is 10.8 Å². The second kappa shape index (κ2) is 10.2. The van der Waals surface area contributed by atoms with Gasteiger partial charge in [0, 0.05) is 27.7 Å². The predicted octanol–water partition coefficient (Wildman–Crippen LogP) is 5.05. The van der Waals surface area contributed by atoms with Gasteiger partial charge in [-0.25, -0.2) is 13.3 Å². The zero-order valence-electron chi connectivity index (χ0n) is 21.2. The summed E-state index contributed by atoms with van der Waals surface area (Å²) in [4.78, 5) is 39.8. The van der Waals surface area contributed by atoms with Gasteiger partial charge < -0.3 is 15.2 Å². The SMILES string of the molecule is Cc1ccc(N2C(=O)C(Cl)=C(Nc3cc(C(=O)Nc4cccc5c(S(=O)(=O)[O-])cccc45)ccc3C)C2=O)cc1. The Morgan fingerprint density at radius 2 is 1.52 bits per heavy atom. The fraction of sp³-hybridized carbons (Fsp3) is 0.0690. The highest BCUT2D eigenvalue weighted by atomic mass is 35.5. The molecule has 0 fully saturated rings. The Hall–Kier alpha value is -4.51. The monoisotopic (exact) mass is 574 g/mol. The topological polar surface area (TPSA) is 136 Å². The number of aryl methyl sites for hydroxylation is 2. The van der Waals surface area contributed by atoms with Crippen LogP contribution in [0.4, 0.5) is 17.1 Å². The van der Waals surface area contributed by atoms with Crippen molar-refractivity contribution in [3.63, 3.8) is 0 Å². The van der Waals surface area contributed by atoms with Gasteiger partial charge in [-0.1, -0.05) is 59.6 Å². The molecule has 2 N–H and O–H groups in total. The van der Waals surface area contributed by atoms with E-state index in [0.717, 1.165) is 10.5 Å². The highest BCUT2D eigenvalue weighted by Crippen LogP contribution is 2.32. The van der Waals surface area contributed by atoms with Crippen LogP contribution in [0.15, 0.2) is 94.5 Å². The molecular weight excluding hydrogens is 554 g/mol. The number of amides is 3. The molecule has 0 radical (unpaired) electrons. The molecule has 1 aliphatic heterocycles. The Morgan fingerprint density at radius 1 is 0.850 bits per heavy atom. The van der Waals surface area contributed by atoms with Crippen LogP contribution in [0.1, 0.15) is 21.5 Å². The first-order valence-corrected chi connectivity index (χ1v) is 13.8. The van der Waals surface area contributed by atoms with Crippen LogP contribution in [-0.4, -0.2) is 30.7 Å². The Morgan fingerprint density at radius 3 is 2.23 bits per heavy atom. The molecule has 1 heterocycles. The molecule has 0 atom stereocenters. The van der Waals surface area contributed by atoms with E-state index in [9.17, 15) is 27.4 Å². The quantitative estimate of drug-likeness (QED) is 0.243. The second-order valence-corrected chi connectivity index (χ2v) is 10.9. The van der Waals surface area contributed by atoms with Crippen molar-refractivity contribution in [2.24, 2.45) is 0 Å². The van der Waals surface area contributed by atoms with Crippen LogP contribution in [0.2, 0.25) is 0 Å². The van der Waals surface area contributed by atoms with Crippen molar-refractivity contribution in [2.75, 3.05) is 15.5 Å². The number of halogens is 1. The summed E-state index contributed by atoms with van der Waals surface area (Å²) in [5, 5.41) is 5.95. The van der Waals surface area contributed by atoms with Crippen LogP contribution < -0.4 is 15.5 Å². The van der Waals surface area contributed by atoms with E-state index in [4.69, 9.17) is 11.6 Å². The Labute approximate surface area is 234 Å². The Balaban J connectivity index is 1.42. The van der Waals surface area contributed by atoms with Crippen molar-refractivity contribution in [3.8, 4) is 0 Å². The lowest BCUT2D eigenvalue weighted by molar-refractivity contribution is -0.120. The number of hydrogen-bond donors (Lipinski definition) is 2. The van der Waals surface area contributed by atoms with Gasteiger partial charge in [0.15, 0.2) is 0 Å². The molecule has 0 bridgehead atoms. The number of rotatable bonds is 6. The molecule has 1 aliphatic rings. The minimum absolute atomic E-state index is 0.117. The minimum atomic E-state index is -4.73. The molecule has 0 unspecified atom stereocenters. The Kier molecular flexibility index (Phi) is 6.92. The summed E-state index contributed by atoms with van der Waals surface area (Å²) in [5.74, 6) is -1.82. The number of carbonyl (C=O) groups excluding carboxylic acids is 3. The van der Waals surface area contributed by atoms with E-state index >= 15 is 0 Å². The van der Waals surface area contributed by atoms with Gasteiger partial charge in [0.2, 0.25) is 0 Å². The summed E-state index contributed by atoms with van der Waals surface area (Å²) < 4.78 is 35.0. The molecule has 4 aromatic carbocycles. The number of hydrogen-bond acceptors (Lipinski definition) is 7. The van der Waals surface area contributed by atoms with Crippen molar-refractivity contribution >= 4 is 67.3 Å². The smallest absolute Gasteiger partial charge is 0.283 e. The maximum Gasteiger partial charge on any atom is 0.283 e. The third-order valence-corrected chi connectivity index (χ3v) is 7.72. The van der Waals surface area contributed by atoms with Crippen LogP contribution in [0, 0.1) is 13.8 Å². The average molecular weight is 575 g/mol. The molecule has 9 nitrogen and oxygen atoms in total. The summed E-state index contributed by atoms with van der Waals surface area (Å²) in [6, 6.07) is 20.4. The van der Waals surface area contributed by atoms with Crippen LogP contribution in [0.5, 0.6) is 0 Å². The van der Waals surface area contributed by atoms with Gasteiger partial charge >= 0.3 is 0 Å². The molecule has 40 heavy (non-hydrogen) atoms. The van der Waals surface area contributed by atoms with E-state index in [1.165, 1.54) is 30.3 Å². The molecule has 0 aromatic heterocycles. The van der Waals surface area contributed by atoms with Crippen molar-refractivity contribution in [1.82, 2.24) is 0 Å². The molecule has 11 heteroatoms. The third kappa shape index (κ3) is 4.95. The maximum absolute atomic E-state index is 13.2. The molecule has 0 saturated carbocycles. The van der Waals surface area contributed by atoms with E-state index in [2.05, 4.69) is 10.6 Å². The van der Waals surface area contributed by atoms with Gasteiger partial charge in [-0.2, -0.15) is 0 Å². The average Bonchev–Trinajstić information content (AvgIpc) is 3.12. The number of fused-ring (bicyclic) bond motifs is 1. The van der Waals surface area contributed by atoms with Crippen LogP contribution in [-0.2, 0) is 19.7 Å². The van der Waals surface area contributed by atoms with Gasteiger partial charge in [-0.3, -0.25) is 14.4 Å². The Bertz CT molecular complexity index is 1870. The molecule has 0 saturated heterocycles. The lowest BCUT2D eigenvalue weighted by Gasteiger charge is -2.16. The first-order valence-electron chi connectivity index (χ1n) is 12.0. The zero-order chi connectivity index (χ0) is 28.8. The normalized spacial score (nSPS) is 13.8. The highest BCUT2D eigenvalue weighted by Gasteiger charge is 2.39. The zero-order valence-corrected chi connectivity index (χ0v) is 22.8. The van der Waals surface area contributed by atoms with Crippen molar-refractivity contribution in [3.05, 3.63) is 106 Å². The second-order valence-electron chi connectivity index (χ2n) is 9.19. The minimum Gasteiger partial charge on any atom is -0.744 e. The summed E-state index contributed by atoms with van der Waals surface area (Å²) >= 11 is 6.27. The van der Waals surface area contributed by atoms with E-state index in [-0.39, 0.29) is 26.6 Å². The number of benzene rings is 4. The summed E-state index contributed by atoms with van der Waals surface area (Å²) in [5.41, 5.74) is 2.80. The molecule has 0 spiro atoms. The highest BCUT2D eigenvalue weighted by molar-refractivity contribution is 7.86. The van der Waals surface area contributed by atoms with Crippen molar-refractivity contribution in [1.29, 1.82) is 0 Å². The fourth-order valence-electron chi connectivity index (χ4n) is 4.37. The third-order valence-electron chi connectivity index (χ3n) is 6.48. The predicted molar refractivity (Wildman–Crippen MR) is 151 cm³/mol. The van der Waals surface area contributed by atoms with Crippen LogP contribution >= 0.6 is 11.6 Å². The first kappa shape index (κ1) is 27.1. The molecular formula is C29H21ClN3O6S-. The number of carbonyl (C=O) groups is 3. The van der Waals surface area contributed by atoms with Crippen LogP contribution in [0.3, 0.4) is 0 Å². The van der Waals surface area contributed by atoms with E-state index in [1.54, 1.807) is 55.5 Å². The fourth-order valence-corrected chi connectivity index (χ4v) is 5.28. The number of imide groups is 1. The van der Waals surface area contributed by atoms with E-state index in [0.29, 0.717) is 28.0 Å². The summed E-state index contributed by atoms with van der Waals surface area (Å²) in [6.45, 7) is 3.64. The molecule has 5 rings (SSSR count). The molecule has 4 aromatic rings. The van der Waals surface area contributed by atoms with Crippen molar-refractivity contribution in [2.45, 2.75) is 18.7 Å². The van der Waals surface area contributed by atoms with Gasteiger partial charge in [-0.15, -0.1) is 0 Å². The molecule has 3 amide bonds. The van der Waals surface area contributed by atoms with Gasteiger partial charge in [0.25, 0.3) is 17.7 Å². The van der Waals surface area contributed by atoms with Gasteiger partial charge in [-0.05, 0) is 55.8 Å². The maximum atomic E-state index is 13.2.